The quantitative estimate of drug-likeness (QED) is 0.113. The molecule has 4 nitrogen and oxygen atoms in total. The van der Waals surface area contributed by atoms with Crippen molar-refractivity contribution in [2.45, 2.75) is 59.7 Å². The number of alkyl halides is 3. The standard InChI is InChI=1S/C15H19F3N2.C5H5N2.C2H6.3FH.HI.Sb.U/c1-10(2)13(8-11(3)15(16,17)18)14-9-12-6-4-5-7-20(12)19-14;6-5-3-1-2-4-7-5;1-2;;;;;;/h8-10H,3-7H2,1-2H3;1-2,4H,(H2,6,7);1-2H3;4*1H;;/q;-1;;;;;;+1;+3/p-4/b13-8+;;;;;;;;. The molecule has 2 N–H and O–H groups in total. The van der Waals surface area contributed by atoms with E-state index in [9.17, 15) is 19.5 Å². The van der Waals surface area contributed by atoms with Crippen LogP contribution in [0.3, 0.4) is 0 Å². The van der Waals surface area contributed by atoms with Gasteiger partial charge in [-0.15, -0.1) is 0 Å². The summed E-state index contributed by atoms with van der Waals surface area (Å²) in [6.45, 7) is 11.7. The summed E-state index contributed by atoms with van der Waals surface area (Å²) < 4.78 is 69.5. The molecule has 197 valence electrons. The number of nitrogens with zero attached hydrogens (tertiary/aromatic N) is 3. The Kier molecular flexibility index (Phi) is 22.0. The van der Waals surface area contributed by atoms with Crippen molar-refractivity contribution in [3.63, 3.8) is 0 Å². The summed E-state index contributed by atoms with van der Waals surface area (Å²) in [5, 5.41) is 4.45. The fourth-order valence-corrected chi connectivity index (χ4v) is 2.70. The monoisotopic (exact) mass is 950 g/mol. The number of hydrogen-bond donors (Lipinski definition) is 1. The SMILES string of the molecule is C=C(/C=C(/c1cc2n(n1)CCCC2)C(C)C)C(F)(F)F.CC.Nc1[c-]cccn1.[F][U]([F])[F].[Sb][I]. The van der Waals surface area contributed by atoms with Crippen LogP contribution in [0.2, 0.25) is 0 Å². The van der Waals surface area contributed by atoms with Crippen molar-refractivity contribution in [3.8, 4) is 0 Å². The normalized spacial score (nSPS) is 12.2. The predicted molar refractivity (Wildman–Crippen MR) is 135 cm³/mol. The number of fused-ring (bicyclic) bond motifs is 1. The van der Waals surface area contributed by atoms with Gasteiger partial charge < -0.3 is 5.73 Å². The van der Waals surface area contributed by atoms with Crippen LogP contribution in [0, 0.1) is 40.1 Å². The molecule has 1 aliphatic heterocycles. The van der Waals surface area contributed by atoms with Gasteiger partial charge in [-0.1, -0.05) is 40.5 Å². The Bertz CT molecular complexity index is 835. The average molecular weight is 951 g/mol. The molecule has 0 unspecified atom stereocenters. The van der Waals surface area contributed by atoms with E-state index in [0.717, 1.165) is 37.6 Å². The molecule has 0 atom stereocenters. The number of anilines is 1. The molecule has 2 aromatic heterocycles. The van der Waals surface area contributed by atoms with E-state index < -0.39 is 39.8 Å². The van der Waals surface area contributed by atoms with E-state index in [1.807, 2.05) is 38.4 Å². The van der Waals surface area contributed by atoms with Crippen molar-refractivity contribution in [2.24, 2.45) is 5.92 Å². The Morgan fingerprint density at radius 3 is 2.20 bits per heavy atom. The molecule has 13 heteroatoms. The third-order valence-electron chi connectivity index (χ3n) is 4.15. The van der Waals surface area contributed by atoms with Crippen LogP contribution in [0.25, 0.3) is 5.57 Å². The van der Waals surface area contributed by atoms with E-state index in [2.05, 4.69) is 41.2 Å². The molecule has 0 bridgehead atoms. The Hall–Kier alpha value is -0.180. The summed E-state index contributed by atoms with van der Waals surface area (Å²) in [5.41, 5.74) is 6.70. The van der Waals surface area contributed by atoms with Crippen molar-refractivity contribution < 1.29 is 47.6 Å². The summed E-state index contributed by atoms with van der Waals surface area (Å²) >= 11 is -1.31. The molecule has 0 aromatic carbocycles. The van der Waals surface area contributed by atoms with E-state index in [-0.39, 0.29) is 5.92 Å². The van der Waals surface area contributed by atoms with Crippen LogP contribution in [-0.2, 0) is 13.0 Å². The van der Waals surface area contributed by atoms with E-state index in [1.54, 1.807) is 37.3 Å². The molecule has 1 aliphatic rings. The number of aryl methyl sites for hydroxylation is 2. The first kappa shape index (κ1) is 37.0. The number of nitrogens with two attached hydrogens (primary N) is 1. The van der Waals surface area contributed by atoms with E-state index in [0.29, 0.717) is 17.1 Å². The van der Waals surface area contributed by atoms with Crippen LogP contribution in [0.1, 0.15) is 51.9 Å². The second-order valence-corrected chi connectivity index (χ2v) is 8.64. The Morgan fingerprint density at radius 2 is 1.83 bits per heavy atom. The molecule has 3 rings (SSSR count). The summed E-state index contributed by atoms with van der Waals surface area (Å²) in [6, 6.07) is 8.11. The zero-order chi connectivity index (χ0) is 27.6. The van der Waals surface area contributed by atoms with Gasteiger partial charge in [0.15, 0.2) is 0 Å². The number of nitrogen functional groups attached to an aromatic ring is 1. The van der Waals surface area contributed by atoms with Crippen LogP contribution in [0.15, 0.2) is 42.6 Å². The van der Waals surface area contributed by atoms with Gasteiger partial charge in [-0.05, 0) is 42.9 Å². The maximum atomic E-state index is 12.6. The first-order valence-corrected chi connectivity index (χ1v) is 22.7. The molecule has 3 heterocycles. The van der Waals surface area contributed by atoms with Gasteiger partial charge >= 0.3 is 78.1 Å². The van der Waals surface area contributed by atoms with Crippen LogP contribution in [0.4, 0.5) is 25.3 Å². The van der Waals surface area contributed by atoms with Gasteiger partial charge in [0.2, 0.25) is 0 Å². The predicted octanol–water partition coefficient (Wildman–Crippen LogP) is 7.63. The molecule has 2 radical (unpaired) electrons. The third kappa shape index (κ3) is 17.0. The van der Waals surface area contributed by atoms with Gasteiger partial charge in [0.1, 0.15) is 0 Å². The number of halogens is 7. The number of rotatable bonds is 3. The minimum atomic E-state index is -5.23. The first-order chi connectivity index (χ1) is 16.4. The van der Waals surface area contributed by atoms with Crippen molar-refractivity contribution in [1.82, 2.24) is 14.8 Å². The van der Waals surface area contributed by atoms with Crippen molar-refractivity contribution >= 4 is 48.9 Å². The fraction of sp³-hybridized carbons (Fsp3) is 0.455. The van der Waals surface area contributed by atoms with Gasteiger partial charge in [0, 0.05) is 23.6 Å². The molecular weight excluding hydrogens is 921 g/mol. The zero-order valence-electron chi connectivity index (χ0n) is 20.0. The molecule has 0 amide bonds. The average Bonchev–Trinajstić information content (AvgIpc) is 3.23. The third-order valence-corrected chi connectivity index (χ3v) is 4.15. The Labute approximate surface area is 240 Å². The number of allylic oxidation sites excluding steroid dienone is 3. The number of pyridine rings is 1. The summed E-state index contributed by atoms with van der Waals surface area (Å²) in [6.07, 6.45) is 1.49. The topological polar surface area (TPSA) is 56.7 Å². The second-order valence-electron chi connectivity index (χ2n) is 6.86. The zero-order valence-corrected chi connectivity index (χ0v) is 28.9. The first-order valence-electron chi connectivity index (χ1n) is 10.5. The van der Waals surface area contributed by atoms with E-state index >= 15 is 0 Å². The molecule has 0 saturated carbocycles. The van der Waals surface area contributed by atoms with Crippen LogP contribution >= 0.6 is 18.5 Å². The van der Waals surface area contributed by atoms with Crippen LogP contribution < -0.4 is 5.73 Å². The van der Waals surface area contributed by atoms with Gasteiger partial charge in [-0.25, -0.2) is 12.1 Å². The maximum absolute atomic E-state index is 12.6. The van der Waals surface area contributed by atoms with Crippen LogP contribution in [0.5, 0.6) is 0 Å². The van der Waals surface area contributed by atoms with Crippen molar-refractivity contribution in [3.05, 3.63) is 60.1 Å². The Balaban J connectivity index is 0. The van der Waals surface area contributed by atoms with Crippen LogP contribution in [-0.4, -0.2) is 39.9 Å². The molecule has 2 aromatic rings. The van der Waals surface area contributed by atoms with Gasteiger partial charge in [0.25, 0.3) is 0 Å². The minimum absolute atomic E-state index is 0.0361. The van der Waals surface area contributed by atoms with Gasteiger partial charge in [-0.3, -0.25) is 9.67 Å². The molecule has 0 fully saturated rings. The molecular formula is C22H30F6IN4SbU-. The Morgan fingerprint density at radius 1 is 1.26 bits per heavy atom. The van der Waals surface area contributed by atoms with E-state index in [1.165, 1.54) is 0 Å². The molecule has 0 saturated heterocycles. The van der Waals surface area contributed by atoms with E-state index in [4.69, 9.17) is 5.73 Å². The van der Waals surface area contributed by atoms with Gasteiger partial charge in [-0.2, -0.15) is 24.3 Å². The second kappa shape index (κ2) is 20.8. The van der Waals surface area contributed by atoms with Crippen molar-refractivity contribution in [1.29, 1.82) is 0 Å². The number of aromatic nitrogens is 3. The van der Waals surface area contributed by atoms with Crippen molar-refractivity contribution in [2.75, 3.05) is 5.73 Å². The summed E-state index contributed by atoms with van der Waals surface area (Å²) in [5.74, 6) is 0.411. The number of hydrogen-bond acceptors (Lipinski definition) is 3. The molecule has 0 aliphatic carbocycles. The fourth-order valence-electron chi connectivity index (χ4n) is 2.70. The summed E-state index contributed by atoms with van der Waals surface area (Å²) in [4.78, 5) is 3.70. The molecule has 35 heavy (non-hydrogen) atoms. The molecule has 0 spiro atoms. The summed E-state index contributed by atoms with van der Waals surface area (Å²) in [7, 11) is 0. The van der Waals surface area contributed by atoms with Gasteiger partial charge in [0.05, 0.1) is 5.69 Å².